The molecular weight excluding hydrogens is 471 g/mol. The highest BCUT2D eigenvalue weighted by Crippen LogP contribution is 2.28. The van der Waals surface area contributed by atoms with Crippen molar-refractivity contribution in [3.05, 3.63) is 100 Å². The SMILES string of the molecule is Cc1ccc(-c2ccc(/C=C/C(=O)Nc3ccc(-c4nc5cc(Cl)ccc5o4)cc3)o2)cc1Cl. The number of anilines is 1. The molecule has 5 nitrogen and oxygen atoms in total. The Morgan fingerprint density at radius 2 is 1.71 bits per heavy atom. The Labute approximate surface area is 205 Å². The van der Waals surface area contributed by atoms with Crippen molar-refractivity contribution in [1.82, 2.24) is 4.98 Å². The third-order valence-electron chi connectivity index (χ3n) is 5.23. The maximum Gasteiger partial charge on any atom is 0.248 e. The molecule has 0 bridgehead atoms. The Bertz CT molecular complexity index is 1530. The summed E-state index contributed by atoms with van der Waals surface area (Å²) < 4.78 is 11.6. The summed E-state index contributed by atoms with van der Waals surface area (Å²) in [5.74, 6) is 1.45. The summed E-state index contributed by atoms with van der Waals surface area (Å²) in [4.78, 5) is 16.8. The molecule has 0 aliphatic heterocycles. The largest absolute Gasteiger partial charge is 0.457 e. The number of rotatable bonds is 5. The van der Waals surface area contributed by atoms with Gasteiger partial charge >= 0.3 is 0 Å². The van der Waals surface area contributed by atoms with E-state index in [4.69, 9.17) is 32.0 Å². The number of oxazole rings is 1. The number of hydrogen-bond acceptors (Lipinski definition) is 4. The minimum absolute atomic E-state index is 0.277. The third-order valence-corrected chi connectivity index (χ3v) is 5.87. The summed E-state index contributed by atoms with van der Waals surface area (Å²) in [7, 11) is 0. The second-order valence-electron chi connectivity index (χ2n) is 7.70. The lowest BCUT2D eigenvalue weighted by Crippen LogP contribution is -2.07. The highest BCUT2D eigenvalue weighted by atomic mass is 35.5. The summed E-state index contributed by atoms with van der Waals surface area (Å²) in [5, 5.41) is 4.10. The van der Waals surface area contributed by atoms with Gasteiger partial charge in [-0.3, -0.25) is 4.79 Å². The summed E-state index contributed by atoms with van der Waals surface area (Å²) in [6.07, 6.45) is 3.04. The van der Waals surface area contributed by atoms with Gasteiger partial charge in [0.15, 0.2) is 5.58 Å². The molecule has 0 spiro atoms. The van der Waals surface area contributed by atoms with Crippen LogP contribution in [0.4, 0.5) is 5.69 Å². The van der Waals surface area contributed by atoms with Gasteiger partial charge in [-0.2, -0.15) is 0 Å². The molecule has 0 saturated carbocycles. The van der Waals surface area contributed by atoms with Crippen molar-refractivity contribution in [2.45, 2.75) is 6.92 Å². The standard InChI is InChI=1S/C27H18Cl2N2O3/c1-16-2-3-18(14-22(16)29)24-12-9-21(33-24)10-13-26(32)30-20-7-4-17(5-8-20)27-31-23-15-19(28)6-11-25(23)34-27/h2-15H,1H3,(H,30,32)/b13-10+. The number of furan rings is 1. The van der Waals surface area contributed by atoms with Crippen molar-refractivity contribution in [2.24, 2.45) is 0 Å². The van der Waals surface area contributed by atoms with Crippen LogP contribution in [0.3, 0.4) is 0 Å². The van der Waals surface area contributed by atoms with Gasteiger partial charge < -0.3 is 14.2 Å². The number of carbonyl (C=O) groups excluding carboxylic acids is 1. The van der Waals surface area contributed by atoms with Crippen LogP contribution in [0.2, 0.25) is 10.0 Å². The van der Waals surface area contributed by atoms with Crippen LogP contribution in [0.15, 0.2) is 87.7 Å². The molecule has 0 aliphatic carbocycles. The average Bonchev–Trinajstić information content (AvgIpc) is 3.47. The Hall–Kier alpha value is -3.80. The molecule has 5 rings (SSSR count). The number of benzene rings is 3. The first-order chi connectivity index (χ1) is 16.4. The minimum atomic E-state index is -0.277. The number of amides is 1. The normalized spacial score (nSPS) is 11.4. The Kier molecular flexibility index (Phi) is 5.97. The molecule has 7 heteroatoms. The molecule has 0 atom stereocenters. The van der Waals surface area contributed by atoms with Crippen LogP contribution in [0, 0.1) is 6.92 Å². The second kappa shape index (κ2) is 9.21. The van der Waals surface area contributed by atoms with E-state index < -0.39 is 0 Å². The zero-order chi connectivity index (χ0) is 23.7. The molecule has 1 amide bonds. The van der Waals surface area contributed by atoms with Crippen LogP contribution in [-0.2, 0) is 4.79 Å². The smallest absolute Gasteiger partial charge is 0.248 e. The van der Waals surface area contributed by atoms with E-state index in [-0.39, 0.29) is 5.91 Å². The summed E-state index contributed by atoms with van der Waals surface area (Å²) in [5.41, 5.74) is 4.67. The van der Waals surface area contributed by atoms with Gasteiger partial charge in [-0.15, -0.1) is 0 Å². The fourth-order valence-corrected chi connectivity index (χ4v) is 3.75. The first kappa shape index (κ1) is 22.0. The third kappa shape index (κ3) is 4.76. The number of hydrogen-bond donors (Lipinski definition) is 1. The lowest BCUT2D eigenvalue weighted by molar-refractivity contribution is -0.111. The first-order valence-corrected chi connectivity index (χ1v) is 11.2. The molecular formula is C27H18Cl2N2O3. The molecule has 5 aromatic rings. The van der Waals surface area contributed by atoms with E-state index in [2.05, 4.69) is 10.3 Å². The van der Waals surface area contributed by atoms with E-state index >= 15 is 0 Å². The van der Waals surface area contributed by atoms with E-state index in [0.29, 0.717) is 44.2 Å². The summed E-state index contributed by atoms with van der Waals surface area (Å²) in [6, 6.07) is 21.9. The minimum Gasteiger partial charge on any atom is -0.457 e. The van der Waals surface area contributed by atoms with Crippen molar-refractivity contribution in [3.63, 3.8) is 0 Å². The van der Waals surface area contributed by atoms with E-state index in [1.54, 1.807) is 42.5 Å². The Balaban J connectivity index is 1.24. The van der Waals surface area contributed by atoms with E-state index in [0.717, 1.165) is 16.7 Å². The number of halogens is 2. The van der Waals surface area contributed by atoms with Gasteiger partial charge in [0.05, 0.1) is 0 Å². The van der Waals surface area contributed by atoms with Crippen molar-refractivity contribution in [1.29, 1.82) is 0 Å². The highest BCUT2D eigenvalue weighted by Gasteiger charge is 2.09. The Morgan fingerprint density at radius 1 is 0.912 bits per heavy atom. The number of carbonyl (C=O) groups is 1. The van der Waals surface area contributed by atoms with Crippen LogP contribution in [-0.4, -0.2) is 10.9 Å². The van der Waals surface area contributed by atoms with Gasteiger partial charge in [-0.25, -0.2) is 4.98 Å². The molecule has 0 unspecified atom stereocenters. The van der Waals surface area contributed by atoms with Crippen molar-refractivity contribution in [2.75, 3.05) is 5.32 Å². The maximum absolute atomic E-state index is 12.3. The zero-order valence-electron chi connectivity index (χ0n) is 18.0. The highest BCUT2D eigenvalue weighted by molar-refractivity contribution is 6.31. The molecule has 1 N–H and O–H groups in total. The van der Waals surface area contributed by atoms with Crippen LogP contribution < -0.4 is 5.32 Å². The van der Waals surface area contributed by atoms with Gasteiger partial charge in [0, 0.05) is 32.9 Å². The predicted octanol–water partition coefficient (Wildman–Crippen LogP) is 8.02. The van der Waals surface area contributed by atoms with E-state index in [1.807, 2.05) is 43.3 Å². The average molecular weight is 489 g/mol. The lowest BCUT2D eigenvalue weighted by atomic mass is 10.1. The van der Waals surface area contributed by atoms with Gasteiger partial charge in [0.25, 0.3) is 0 Å². The number of fused-ring (bicyclic) bond motifs is 1. The maximum atomic E-state index is 12.3. The van der Waals surface area contributed by atoms with Crippen molar-refractivity contribution < 1.29 is 13.6 Å². The molecule has 2 aromatic heterocycles. The molecule has 2 heterocycles. The topological polar surface area (TPSA) is 68.3 Å². The monoisotopic (exact) mass is 488 g/mol. The Morgan fingerprint density at radius 3 is 2.50 bits per heavy atom. The molecule has 3 aromatic carbocycles. The molecule has 0 fully saturated rings. The molecule has 0 aliphatic rings. The van der Waals surface area contributed by atoms with Gasteiger partial charge in [-0.1, -0.05) is 35.3 Å². The molecule has 168 valence electrons. The quantitative estimate of drug-likeness (QED) is 0.254. The predicted molar refractivity (Wildman–Crippen MR) is 136 cm³/mol. The number of nitrogens with zero attached hydrogens (tertiary/aromatic N) is 1. The van der Waals surface area contributed by atoms with Gasteiger partial charge in [0.1, 0.15) is 17.0 Å². The van der Waals surface area contributed by atoms with Crippen LogP contribution in [0.5, 0.6) is 0 Å². The summed E-state index contributed by atoms with van der Waals surface area (Å²) >= 11 is 12.2. The fourth-order valence-electron chi connectivity index (χ4n) is 3.41. The van der Waals surface area contributed by atoms with Gasteiger partial charge in [0.2, 0.25) is 11.8 Å². The van der Waals surface area contributed by atoms with Gasteiger partial charge in [-0.05, 0) is 79.2 Å². The number of aromatic nitrogens is 1. The zero-order valence-corrected chi connectivity index (χ0v) is 19.5. The van der Waals surface area contributed by atoms with Crippen LogP contribution in [0.25, 0.3) is 40.0 Å². The number of nitrogens with one attached hydrogen (secondary N) is 1. The first-order valence-electron chi connectivity index (χ1n) is 10.5. The number of aryl methyl sites for hydroxylation is 1. The lowest BCUT2D eigenvalue weighted by Gasteiger charge is -2.03. The van der Waals surface area contributed by atoms with Crippen LogP contribution >= 0.6 is 23.2 Å². The van der Waals surface area contributed by atoms with Crippen molar-refractivity contribution >= 4 is 52.0 Å². The molecule has 34 heavy (non-hydrogen) atoms. The van der Waals surface area contributed by atoms with Crippen LogP contribution in [0.1, 0.15) is 11.3 Å². The van der Waals surface area contributed by atoms with E-state index in [9.17, 15) is 4.79 Å². The second-order valence-corrected chi connectivity index (χ2v) is 8.54. The molecule has 0 radical (unpaired) electrons. The van der Waals surface area contributed by atoms with Crippen molar-refractivity contribution in [3.8, 4) is 22.8 Å². The fraction of sp³-hybridized carbons (Fsp3) is 0.0370. The van der Waals surface area contributed by atoms with E-state index in [1.165, 1.54) is 6.08 Å². The summed E-state index contributed by atoms with van der Waals surface area (Å²) in [6.45, 7) is 1.95. The molecule has 0 saturated heterocycles.